The van der Waals surface area contributed by atoms with Crippen LogP contribution in [-0.2, 0) is 33.3 Å². The van der Waals surface area contributed by atoms with Crippen molar-refractivity contribution in [2.75, 3.05) is 65.9 Å². The highest BCUT2D eigenvalue weighted by Gasteiger charge is 2.44. The summed E-state index contributed by atoms with van der Waals surface area (Å²) in [5.41, 5.74) is 12.2. The number of amides is 3. The van der Waals surface area contributed by atoms with Crippen molar-refractivity contribution in [1.82, 2.24) is 20.5 Å². The second-order valence-electron chi connectivity index (χ2n) is 12.7. The number of hydrogen-bond donors (Lipinski definition) is 3. The molecule has 270 valence electrons. The summed E-state index contributed by atoms with van der Waals surface area (Å²) >= 11 is 1.57. The van der Waals surface area contributed by atoms with Crippen molar-refractivity contribution in [3.8, 4) is 10.4 Å². The van der Waals surface area contributed by atoms with Gasteiger partial charge in [-0.2, -0.15) is 0 Å². The minimum atomic E-state index is -0.958. The summed E-state index contributed by atoms with van der Waals surface area (Å²) < 4.78 is 21.5. The largest absolute Gasteiger partial charge is 0.391 e. The van der Waals surface area contributed by atoms with Crippen LogP contribution in [0.4, 0.5) is 0 Å². The molecule has 1 aromatic heterocycles. The van der Waals surface area contributed by atoms with Crippen molar-refractivity contribution in [3.05, 3.63) is 51.5 Å². The SMILES string of the molecule is Cc1ncsc1-c1ccc([C@H](C)NC(=O)[C@@H]2C[C@@H](O)CN2C(=O)[C@@H](NC(=O)COCCOCCOCCOCCN=[N+]=[N-])C(C)(C)C)cc1. The van der Waals surface area contributed by atoms with Gasteiger partial charge in [-0.1, -0.05) is 50.2 Å². The molecular weight excluding hydrogens is 654 g/mol. The lowest BCUT2D eigenvalue weighted by Gasteiger charge is -2.35. The van der Waals surface area contributed by atoms with Crippen LogP contribution in [0.3, 0.4) is 0 Å². The maximum atomic E-state index is 13.8. The van der Waals surface area contributed by atoms with Gasteiger partial charge in [0.1, 0.15) is 18.7 Å². The normalized spacial score (nSPS) is 17.3. The molecule has 1 aromatic carbocycles. The third-order valence-corrected chi connectivity index (χ3v) is 8.79. The third-order valence-electron chi connectivity index (χ3n) is 7.81. The number of likely N-dealkylation sites (tertiary alicyclic amines) is 1. The first-order valence-electron chi connectivity index (χ1n) is 16.3. The Balaban J connectivity index is 1.44. The van der Waals surface area contributed by atoms with Crippen molar-refractivity contribution in [1.29, 1.82) is 0 Å². The zero-order valence-corrected chi connectivity index (χ0v) is 29.7. The molecule has 0 saturated carbocycles. The Morgan fingerprint density at radius 3 is 2.22 bits per heavy atom. The molecule has 1 fully saturated rings. The van der Waals surface area contributed by atoms with E-state index in [0.29, 0.717) is 33.0 Å². The number of carbonyl (C=O) groups excluding carboxylic acids is 3. The maximum Gasteiger partial charge on any atom is 0.246 e. The Morgan fingerprint density at radius 2 is 1.65 bits per heavy atom. The number of benzene rings is 1. The quantitative estimate of drug-likeness (QED) is 0.0803. The number of ether oxygens (including phenoxy) is 4. The van der Waals surface area contributed by atoms with E-state index in [0.717, 1.165) is 21.7 Å². The zero-order valence-electron chi connectivity index (χ0n) is 28.9. The molecule has 1 aliphatic heterocycles. The van der Waals surface area contributed by atoms with Crippen LogP contribution in [0.15, 0.2) is 34.9 Å². The minimum Gasteiger partial charge on any atom is -0.391 e. The first-order chi connectivity index (χ1) is 23.4. The number of hydrogen-bond acceptors (Lipinski definition) is 11. The molecule has 0 aliphatic carbocycles. The van der Waals surface area contributed by atoms with Crippen LogP contribution in [0, 0.1) is 12.3 Å². The van der Waals surface area contributed by atoms with E-state index < -0.39 is 35.4 Å². The summed E-state index contributed by atoms with van der Waals surface area (Å²) in [6.07, 6.45) is -0.773. The summed E-state index contributed by atoms with van der Waals surface area (Å²) in [6, 6.07) is 5.72. The molecule has 3 rings (SSSR count). The summed E-state index contributed by atoms with van der Waals surface area (Å²) in [6.45, 7) is 11.5. The number of azide groups is 1. The number of aliphatic hydroxyl groups is 1. The van der Waals surface area contributed by atoms with Gasteiger partial charge in [-0.25, -0.2) is 4.98 Å². The van der Waals surface area contributed by atoms with Crippen LogP contribution in [0.1, 0.15) is 51.4 Å². The molecule has 1 saturated heterocycles. The van der Waals surface area contributed by atoms with Crippen LogP contribution >= 0.6 is 11.3 Å². The third kappa shape index (κ3) is 13.0. The van der Waals surface area contributed by atoms with Crippen molar-refractivity contribution < 1.29 is 38.4 Å². The highest BCUT2D eigenvalue weighted by atomic mass is 32.1. The lowest BCUT2D eigenvalue weighted by molar-refractivity contribution is -0.144. The lowest BCUT2D eigenvalue weighted by Crippen LogP contribution is -2.58. The number of aromatic nitrogens is 1. The fourth-order valence-electron chi connectivity index (χ4n) is 5.19. The van der Waals surface area contributed by atoms with Crippen LogP contribution in [0.25, 0.3) is 20.9 Å². The molecule has 1 aliphatic rings. The summed E-state index contributed by atoms with van der Waals surface area (Å²) in [4.78, 5) is 49.5. The average Bonchev–Trinajstić information content (AvgIpc) is 3.68. The number of nitrogens with zero attached hydrogens (tertiary/aromatic N) is 5. The molecule has 0 radical (unpaired) electrons. The molecular formula is C33H49N7O8S. The first-order valence-corrected chi connectivity index (χ1v) is 17.2. The van der Waals surface area contributed by atoms with Gasteiger partial charge in [0.05, 0.1) is 74.5 Å². The van der Waals surface area contributed by atoms with E-state index in [-0.39, 0.29) is 51.3 Å². The lowest BCUT2D eigenvalue weighted by atomic mass is 9.85. The minimum absolute atomic E-state index is 0.0152. The van der Waals surface area contributed by atoms with E-state index in [2.05, 4.69) is 25.6 Å². The Bertz CT molecular complexity index is 1390. The van der Waals surface area contributed by atoms with Crippen LogP contribution in [0.2, 0.25) is 0 Å². The summed E-state index contributed by atoms with van der Waals surface area (Å²) in [5.74, 6) is -1.30. The molecule has 0 spiro atoms. The number of aryl methyl sites for hydroxylation is 1. The van der Waals surface area contributed by atoms with Gasteiger partial charge >= 0.3 is 0 Å². The van der Waals surface area contributed by atoms with Gasteiger partial charge in [0.2, 0.25) is 17.7 Å². The molecule has 2 aromatic rings. The van der Waals surface area contributed by atoms with Crippen molar-refractivity contribution >= 4 is 29.1 Å². The number of rotatable bonds is 20. The number of thiazole rings is 1. The Kier molecular flexibility index (Phi) is 16.4. The van der Waals surface area contributed by atoms with E-state index in [9.17, 15) is 19.5 Å². The Labute approximate surface area is 291 Å². The summed E-state index contributed by atoms with van der Waals surface area (Å²) in [7, 11) is 0. The van der Waals surface area contributed by atoms with Gasteiger partial charge in [0, 0.05) is 24.4 Å². The molecule has 0 bridgehead atoms. The topological polar surface area (TPSA) is 197 Å². The standard InChI is InChI=1S/C33H49N7O8S/c1-22(24-6-8-25(9-7-24)29-23(2)35-21-49-29)37-31(43)27-18-26(41)19-40(27)32(44)30(33(3,4)5)38-28(42)20-48-17-16-47-15-14-46-13-12-45-11-10-36-39-34/h6-9,21-22,26-27,30,41H,10-20H2,1-5H3,(H,37,43)(H,38,42)/t22-,26+,27-,30+/m0/s1. The molecule has 4 atom stereocenters. The molecule has 16 heteroatoms. The van der Waals surface area contributed by atoms with E-state index in [1.807, 2.05) is 64.4 Å². The van der Waals surface area contributed by atoms with Gasteiger partial charge in [0.25, 0.3) is 0 Å². The second-order valence-corrected chi connectivity index (χ2v) is 13.6. The van der Waals surface area contributed by atoms with Crippen LogP contribution in [0.5, 0.6) is 0 Å². The number of β-amino-alcohol motifs (C(OH)–C–C–N with tert-alkyl or cyclic N) is 1. The van der Waals surface area contributed by atoms with E-state index >= 15 is 0 Å². The number of carbonyl (C=O) groups is 3. The predicted molar refractivity (Wildman–Crippen MR) is 184 cm³/mol. The molecule has 15 nitrogen and oxygen atoms in total. The van der Waals surface area contributed by atoms with Crippen molar-refractivity contribution in [2.24, 2.45) is 10.5 Å². The number of nitrogens with one attached hydrogen (secondary N) is 2. The highest BCUT2D eigenvalue weighted by molar-refractivity contribution is 7.13. The van der Waals surface area contributed by atoms with Gasteiger partial charge < -0.3 is 39.6 Å². The smallest absolute Gasteiger partial charge is 0.246 e. The van der Waals surface area contributed by atoms with Crippen LogP contribution in [-0.4, -0.2) is 117 Å². The van der Waals surface area contributed by atoms with Crippen molar-refractivity contribution in [2.45, 2.75) is 65.3 Å². The highest BCUT2D eigenvalue weighted by Crippen LogP contribution is 2.29. The van der Waals surface area contributed by atoms with Gasteiger partial charge in [-0.15, -0.1) is 11.3 Å². The van der Waals surface area contributed by atoms with E-state index in [1.54, 1.807) is 11.3 Å². The zero-order chi connectivity index (χ0) is 35.8. The second kappa shape index (κ2) is 20.1. The summed E-state index contributed by atoms with van der Waals surface area (Å²) in [5, 5.41) is 19.6. The van der Waals surface area contributed by atoms with Gasteiger partial charge in [-0.05, 0) is 35.9 Å². The fraction of sp³-hybridized carbons (Fsp3) is 0.636. The van der Waals surface area contributed by atoms with E-state index in [1.165, 1.54) is 4.90 Å². The van der Waals surface area contributed by atoms with E-state index in [4.69, 9.17) is 24.5 Å². The number of aliphatic hydroxyl groups excluding tert-OH is 1. The van der Waals surface area contributed by atoms with Crippen LogP contribution < -0.4 is 10.6 Å². The molecule has 49 heavy (non-hydrogen) atoms. The van der Waals surface area contributed by atoms with Gasteiger partial charge in [-0.3, -0.25) is 14.4 Å². The Morgan fingerprint density at radius 1 is 1.04 bits per heavy atom. The molecule has 2 heterocycles. The first kappa shape index (κ1) is 39.8. The van der Waals surface area contributed by atoms with Gasteiger partial charge in [0.15, 0.2) is 0 Å². The molecule has 3 N–H and O–H groups in total. The monoisotopic (exact) mass is 703 g/mol. The average molecular weight is 704 g/mol. The fourth-order valence-corrected chi connectivity index (χ4v) is 6.00. The molecule has 3 amide bonds. The Hall–Kier alpha value is -3.63. The van der Waals surface area contributed by atoms with Crippen molar-refractivity contribution in [3.63, 3.8) is 0 Å². The maximum absolute atomic E-state index is 13.8. The molecule has 0 unspecified atom stereocenters. The predicted octanol–water partition coefficient (Wildman–Crippen LogP) is 3.17.